The van der Waals surface area contributed by atoms with Crippen LogP contribution in [0.5, 0.6) is 0 Å². The summed E-state index contributed by atoms with van der Waals surface area (Å²) >= 11 is 0. The summed E-state index contributed by atoms with van der Waals surface area (Å²) in [5.41, 5.74) is 1.63. The molecule has 2 unspecified atom stereocenters. The van der Waals surface area contributed by atoms with Gasteiger partial charge in [0.1, 0.15) is 17.9 Å². The number of nitrogens with zero attached hydrogens (tertiary/aromatic N) is 3. The topological polar surface area (TPSA) is 81.5 Å². The number of amides is 1. The van der Waals surface area contributed by atoms with Crippen LogP contribution in [0, 0.1) is 12.8 Å². The maximum atomic E-state index is 12.7. The first-order chi connectivity index (χ1) is 12.0. The fourth-order valence-corrected chi connectivity index (χ4v) is 3.85. The third-order valence-electron chi connectivity index (χ3n) is 5.22. The maximum absolute atomic E-state index is 12.7. The molecule has 0 aromatic carbocycles. The third kappa shape index (κ3) is 2.73. The molecule has 7 nitrogen and oxygen atoms in total. The summed E-state index contributed by atoms with van der Waals surface area (Å²) in [6.07, 6.45) is 6.09. The Hall–Kier alpha value is -2.57. The standard InChI is InChI=1S/C18H22N4O3/c1-11-5-3-4-6-13(11)19-17(23)10-21-18(24)15-9-16-14(7-8-25-16)22(15)12(2)20-21/h7-9,11,13H,3-6,10H2,1-2H3,(H,19,23). The van der Waals surface area contributed by atoms with Crippen molar-refractivity contribution in [1.29, 1.82) is 0 Å². The van der Waals surface area contributed by atoms with E-state index in [1.54, 1.807) is 22.8 Å². The van der Waals surface area contributed by atoms with Crippen molar-refractivity contribution < 1.29 is 9.21 Å². The van der Waals surface area contributed by atoms with Crippen LogP contribution in [0.25, 0.3) is 16.6 Å². The van der Waals surface area contributed by atoms with E-state index in [4.69, 9.17) is 4.42 Å². The van der Waals surface area contributed by atoms with E-state index in [1.807, 2.05) is 6.92 Å². The van der Waals surface area contributed by atoms with Gasteiger partial charge in [-0.25, -0.2) is 4.68 Å². The Morgan fingerprint density at radius 1 is 1.36 bits per heavy atom. The van der Waals surface area contributed by atoms with Crippen molar-refractivity contribution >= 4 is 22.5 Å². The van der Waals surface area contributed by atoms with Crippen molar-refractivity contribution in [2.24, 2.45) is 5.92 Å². The summed E-state index contributed by atoms with van der Waals surface area (Å²) in [5, 5.41) is 7.39. The second-order valence-electron chi connectivity index (χ2n) is 6.98. The zero-order chi connectivity index (χ0) is 17.6. The molecule has 1 saturated carbocycles. The van der Waals surface area contributed by atoms with E-state index in [0.717, 1.165) is 24.8 Å². The smallest absolute Gasteiger partial charge is 0.291 e. The minimum Gasteiger partial charge on any atom is -0.463 e. The van der Waals surface area contributed by atoms with Crippen molar-refractivity contribution in [1.82, 2.24) is 19.5 Å². The van der Waals surface area contributed by atoms with E-state index in [0.29, 0.717) is 22.8 Å². The molecule has 2 atom stereocenters. The summed E-state index contributed by atoms with van der Waals surface area (Å²) < 4.78 is 8.38. The molecule has 1 aliphatic rings. The molecule has 7 heteroatoms. The van der Waals surface area contributed by atoms with Gasteiger partial charge in [0.25, 0.3) is 5.56 Å². The van der Waals surface area contributed by atoms with Crippen molar-refractivity contribution in [3.8, 4) is 0 Å². The quantitative estimate of drug-likeness (QED) is 0.791. The first kappa shape index (κ1) is 15.9. The Labute approximate surface area is 144 Å². The number of furan rings is 1. The Kier molecular flexibility index (Phi) is 3.86. The van der Waals surface area contributed by atoms with Crippen LogP contribution in [0.4, 0.5) is 0 Å². The number of aromatic nitrogens is 3. The second kappa shape index (κ2) is 6.06. The predicted molar refractivity (Wildman–Crippen MR) is 93.5 cm³/mol. The lowest BCUT2D eigenvalue weighted by atomic mass is 9.86. The molecule has 3 heterocycles. The molecule has 1 aliphatic carbocycles. The first-order valence-electron chi connectivity index (χ1n) is 8.80. The number of hydrogen-bond acceptors (Lipinski definition) is 4. The summed E-state index contributed by atoms with van der Waals surface area (Å²) in [6, 6.07) is 3.69. The van der Waals surface area contributed by atoms with E-state index in [9.17, 15) is 9.59 Å². The van der Waals surface area contributed by atoms with Crippen molar-refractivity contribution in [2.75, 3.05) is 0 Å². The van der Waals surface area contributed by atoms with E-state index in [1.165, 1.54) is 11.1 Å². The van der Waals surface area contributed by atoms with Gasteiger partial charge in [0.15, 0.2) is 5.58 Å². The normalized spacial score (nSPS) is 21.0. The van der Waals surface area contributed by atoms with Crippen LogP contribution in [0.3, 0.4) is 0 Å². The van der Waals surface area contributed by atoms with Gasteiger partial charge in [-0.05, 0) is 25.7 Å². The van der Waals surface area contributed by atoms with E-state index in [-0.39, 0.29) is 24.1 Å². The minimum atomic E-state index is -0.288. The molecule has 0 spiro atoms. The average molecular weight is 342 g/mol. The van der Waals surface area contributed by atoms with Gasteiger partial charge in [-0.2, -0.15) is 5.10 Å². The summed E-state index contributed by atoms with van der Waals surface area (Å²) in [6.45, 7) is 3.92. The molecule has 0 saturated heterocycles. The molecular weight excluding hydrogens is 320 g/mol. The zero-order valence-corrected chi connectivity index (χ0v) is 14.5. The van der Waals surface area contributed by atoms with Gasteiger partial charge in [-0.1, -0.05) is 19.8 Å². The molecule has 3 aromatic rings. The number of aryl methyl sites for hydroxylation is 1. The highest BCUT2D eigenvalue weighted by atomic mass is 16.3. The number of fused-ring (bicyclic) bond motifs is 3. The molecule has 3 aromatic heterocycles. The van der Waals surface area contributed by atoms with E-state index >= 15 is 0 Å². The molecule has 0 aliphatic heterocycles. The zero-order valence-electron chi connectivity index (χ0n) is 14.5. The van der Waals surface area contributed by atoms with Gasteiger partial charge in [0.05, 0.1) is 11.8 Å². The van der Waals surface area contributed by atoms with Crippen LogP contribution >= 0.6 is 0 Å². The van der Waals surface area contributed by atoms with Gasteiger partial charge in [0.2, 0.25) is 5.91 Å². The molecular formula is C18H22N4O3. The van der Waals surface area contributed by atoms with Crippen LogP contribution in [0.15, 0.2) is 27.6 Å². The molecule has 0 radical (unpaired) electrons. The van der Waals surface area contributed by atoms with Gasteiger partial charge in [-0.15, -0.1) is 0 Å². The highest BCUT2D eigenvalue weighted by molar-refractivity contribution is 5.82. The van der Waals surface area contributed by atoms with Gasteiger partial charge in [0, 0.05) is 18.2 Å². The lowest BCUT2D eigenvalue weighted by molar-refractivity contribution is -0.123. The highest BCUT2D eigenvalue weighted by Gasteiger charge is 2.23. The highest BCUT2D eigenvalue weighted by Crippen LogP contribution is 2.23. The van der Waals surface area contributed by atoms with Crippen LogP contribution in [-0.4, -0.2) is 26.1 Å². The number of nitrogens with one attached hydrogen (secondary N) is 1. The first-order valence-corrected chi connectivity index (χ1v) is 8.80. The fraction of sp³-hybridized carbons (Fsp3) is 0.500. The van der Waals surface area contributed by atoms with Crippen molar-refractivity contribution in [3.63, 3.8) is 0 Å². The van der Waals surface area contributed by atoms with Crippen molar-refractivity contribution in [2.45, 2.75) is 52.1 Å². The molecule has 0 bridgehead atoms. The van der Waals surface area contributed by atoms with Crippen LogP contribution in [0.2, 0.25) is 0 Å². The Morgan fingerprint density at radius 2 is 2.16 bits per heavy atom. The largest absolute Gasteiger partial charge is 0.463 e. The number of carbonyl (C=O) groups is 1. The summed E-state index contributed by atoms with van der Waals surface area (Å²) in [4.78, 5) is 25.1. The monoisotopic (exact) mass is 342 g/mol. The van der Waals surface area contributed by atoms with Crippen LogP contribution in [-0.2, 0) is 11.3 Å². The fourth-order valence-electron chi connectivity index (χ4n) is 3.85. The van der Waals surface area contributed by atoms with E-state index < -0.39 is 0 Å². The number of carbonyl (C=O) groups excluding carboxylic acids is 1. The van der Waals surface area contributed by atoms with Gasteiger partial charge < -0.3 is 9.73 Å². The molecule has 1 fully saturated rings. The maximum Gasteiger partial charge on any atom is 0.291 e. The second-order valence-corrected chi connectivity index (χ2v) is 6.98. The minimum absolute atomic E-state index is 0.0636. The lowest BCUT2D eigenvalue weighted by Crippen LogP contribution is -2.44. The number of rotatable bonds is 3. The average Bonchev–Trinajstić information content (AvgIpc) is 3.15. The van der Waals surface area contributed by atoms with Gasteiger partial charge in [-0.3, -0.25) is 14.0 Å². The third-order valence-corrected chi connectivity index (χ3v) is 5.22. The SMILES string of the molecule is Cc1nn(CC(=O)NC2CCCCC2C)c(=O)c2cc3occc3n12. The Bertz CT molecular complexity index is 997. The Balaban J connectivity index is 1.62. The van der Waals surface area contributed by atoms with Crippen molar-refractivity contribution in [3.05, 3.63) is 34.6 Å². The van der Waals surface area contributed by atoms with Crippen LogP contribution in [0.1, 0.15) is 38.4 Å². The van der Waals surface area contributed by atoms with E-state index in [2.05, 4.69) is 17.3 Å². The predicted octanol–water partition coefficient (Wildman–Crippen LogP) is 2.25. The van der Waals surface area contributed by atoms with Gasteiger partial charge >= 0.3 is 0 Å². The molecule has 1 N–H and O–H groups in total. The molecule has 4 rings (SSSR count). The molecule has 132 valence electrons. The molecule has 1 amide bonds. The number of hydrogen-bond donors (Lipinski definition) is 1. The lowest BCUT2D eigenvalue weighted by Gasteiger charge is -2.29. The molecule has 25 heavy (non-hydrogen) atoms. The van der Waals surface area contributed by atoms with Crippen LogP contribution < -0.4 is 10.9 Å². The summed E-state index contributed by atoms with van der Waals surface area (Å²) in [7, 11) is 0. The Morgan fingerprint density at radius 3 is 2.96 bits per heavy atom. The summed E-state index contributed by atoms with van der Waals surface area (Å²) in [5.74, 6) is 0.960.